The predicted octanol–water partition coefficient (Wildman–Crippen LogP) is 4.97. The standard InChI is InChI=1S/C27H27N3O3/c1-4-33-26(31)27(2,18-21-8-6-5-7-9-21)24-16-17-28-25-22(19-29-30(24)25)13-10-20-11-14-23(32-3)15-12-20/h5-17,19H,4,18H2,1-3H3/b13-10+. The fraction of sp³-hybridized carbons (Fsp3) is 0.222. The van der Waals surface area contributed by atoms with Crippen molar-refractivity contribution >= 4 is 23.8 Å². The third-order valence-corrected chi connectivity index (χ3v) is 5.69. The number of esters is 1. The van der Waals surface area contributed by atoms with E-state index in [1.54, 1.807) is 24.0 Å². The van der Waals surface area contributed by atoms with Crippen LogP contribution in [0.4, 0.5) is 0 Å². The number of carbonyl (C=O) groups excluding carboxylic acids is 1. The lowest BCUT2D eigenvalue weighted by molar-refractivity contribution is -0.149. The van der Waals surface area contributed by atoms with E-state index in [9.17, 15) is 4.79 Å². The average Bonchev–Trinajstić information content (AvgIpc) is 3.27. The summed E-state index contributed by atoms with van der Waals surface area (Å²) in [6, 6.07) is 19.6. The molecule has 1 atom stereocenters. The van der Waals surface area contributed by atoms with Gasteiger partial charge in [0.15, 0.2) is 5.65 Å². The van der Waals surface area contributed by atoms with E-state index in [2.05, 4.69) is 10.1 Å². The van der Waals surface area contributed by atoms with Gasteiger partial charge >= 0.3 is 5.97 Å². The van der Waals surface area contributed by atoms with Gasteiger partial charge in [-0.2, -0.15) is 5.10 Å². The molecule has 0 amide bonds. The quantitative estimate of drug-likeness (QED) is 0.361. The zero-order valence-corrected chi connectivity index (χ0v) is 19.1. The number of carbonyl (C=O) groups is 1. The fourth-order valence-electron chi connectivity index (χ4n) is 3.91. The molecule has 33 heavy (non-hydrogen) atoms. The molecule has 0 aliphatic carbocycles. The molecule has 0 N–H and O–H groups in total. The second-order valence-corrected chi connectivity index (χ2v) is 7.99. The molecule has 2 heterocycles. The van der Waals surface area contributed by atoms with Gasteiger partial charge in [-0.1, -0.05) is 48.5 Å². The van der Waals surface area contributed by atoms with Gasteiger partial charge in [0.2, 0.25) is 0 Å². The minimum Gasteiger partial charge on any atom is -0.497 e. The van der Waals surface area contributed by atoms with Crippen molar-refractivity contribution in [1.82, 2.24) is 14.6 Å². The Morgan fingerprint density at radius 2 is 1.82 bits per heavy atom. The van der Waals surface area contributed by atoms with Crippen LogP contribution in [0.5, 0.6) is 5.75 Å². The van der Waals surface area contributed by atoms with Gasteiger partial charge in [-0.15, -0.1) is 0 Å². The summed E-state index contributed by atoms with van der Waals surface area (Å²) in [7, 11) is 1.65. The molecule has 4 rings (SSSR count). The second-order valence-electron chi connectivity index (χ2n) is 7.99. The average molecular weight is 442 g/mol. The monoisotopic (exact) mass is 441 g/mol. The Balaban J connectivity index is 1.73. The summed E-state index contributed by atoms with van der Waals surface area (Å²) in [6.07, 6.45) is 7.95. The van der Waals surface area contributed by atoms with E-state index >= 15 is 0 Å². The Morgan fingerprint density at radius 1 is 1.06 bits per heavy atom. The van der Waals surface area contributed by atoms with Crippen molar-refractivity contribution in [3.8, 4) is 5.75 Å². The second kappa shape index (κ2) is 9.69. The molecule has 0 bridgehead atoms. The molecule has 0 radical (unpaired) electrons. The summed E-state index contributed by atoms with van der Waals surface area (Å²) in [5, 5.41) is 4.58. The largest absolute Gasteiger partial charge is 0.497 e. The molecule has 0 spiro atoms. The van der Waals surface area contributed by atoms with Gasteiger partial charge in [-0.3, -0.25) is 4.79 Å². The highest BCUT2D eigenvalue weighted by molar-refractivity contribution is 5.83. The minimum atomic E-state index is -0.929. The molecular formula is C27H27N3O3. The van der Waals surface area contributed by atoms with Gasteiger partial charge in [-0.05, 0) is 55.7 Å². The third-order valence-electron chi connectivity index (χ3n) is 5.69. The van der Waals surface area contributed by atoms with Gasteiger partial charge in [0, 0.05) is 11.8 Å². The summed E-state index contributed by atoms with van der Waals surface area (Å²) in [5.41, 5.74) is 3.43. The number of hydrogen-bond donors (Lipinski definition) is 0. The van der Waals surface area contributed by atoms with Crippen LogP contribution in [0.25, 0.3) is 17.8 Å². The molecule has 0 saturated carbocycles. The van der Waals surface area contributed by atoms with E-state index in [0.29, 0.717) is 18.7 Å². The highest BCUT2D eigenvalue weighted by atomic mass is 16.5. The molecule has 1 unspecified atom stereocenters. The van der Waals surface area contributed by atoms with Crippen LogP contribution in [-0.2, 0) is 21.4 Å². The molecule has 0 aliphatic heterocycles. The summed E-state index contributed by atoms with van der Waals surface area (Å²) in [6.45, 7) is 4.03. The molecular weight excluding hydrogens is 414 g/mol. The molecule has 0 saturated heterocycles. The first-order chi connectivity index (χ1) is 16.0. The van der Waals surface area contributed by atoms with Gasteiger partial charge in [0.25, 0.3) is 0 Å². The first-order valence-corrected chi connectivity index (χ1v) is 10.9. The smallest absolute Gasteiger partial charge is 0.318 e. The molecule has 0 fully saturated rings. The normalized spacial score (nSPS) is 13.2. The van der Waals surface area contributed by atoms with Crippen LogP contribution >= 0.6 is 0 Å². The van der Waals surface area contributed by atoms with Crippen molar-refractivity contribution in [3.63, 3.8) is 0 Å². The topological polar surface area (TPSA) is 65.7 Å². The van der Waals surface area contributed by atoms with Crippen molar-refractivity contribution in [1.29, 1.82) is 0 Å². The Labute approximate surface area is 193 Å². The SMILES string of the molecule is CCOC(=O)C(C)(Cc1ccccc1)c1ccnc2c(/C=C/c3ccc(OC)cc3)cnn12. The number of rotatable bonds is 8. The highest BCUT2D eigenvalue weighted by Gasteiger charge is 2.39. The maximum atomic E-state index is 13.2. The molecule has 4 aromatic rings. The zero-order valence-electron chi connectivity index (χ0n) is 19.1. The summed E-state index contributed by atoms with van der Waals surface area (Å²) >= 11 is 0. The van der Waals surface area contributed by atoms with Crippen LogP contribution in [-0.4, -0.2) is 34.3 Å². The van der Waals surface area contributed by atoms with Crippen molar-refractivity contribution in [2.45, 2.75) is 25.7 Å². The number of benzene rings is 2. The van der Waals surface area contributed by atoms with Crippen LogP contribution in [0.2, 0.25) is 0 Å². The lowest BCUT2D eigenvalue weighted by Gasteiger charge is -2.28. The Hall–Kier alpha value is -3.93. The van der Waals surface area contributed by atoms with Crippen LogP contribution < -0.4 is 4.74 Å². The maximum Gasteiger partial charge on any atom is 0.318 e. The zero-order chi connectivity index (χ0) is 23.3. The van der Waals surface area contributed by atoms with E-state index < -0.39 is 5.41 Å². The predicted molar refractivity (Wildman–Crippen MR) is 129 cm³/mol. The minimum absolute atomic E-state index is 0.285. The van der Waals surface area contributed by atoms with Gasteiger partial charge in [0.05, 0.1) is 25.6 Å². The number of nitrogens with zero attached hydrogens (tertiary/aromatic N) is 3. The Morgan fingerprint density at radius 3 is 2.52 bits per heavy atom. The maximum absolute atomic E-state index is 13.2. The van der Waals surface area contributed by atoms with Crippen LogP contribution in [0, 0.1) is 0 Å². The molecule has 168 valence electrons. The van der Waals surface area contributed by atoms with E-state index in [-0.39, 0.29) is 5.97 Å². The van der Waals surface area contributed by atoms with E-state index in [1.807, 2.05) is 86.7 Å². The Bertz CT molecular complexity index is 1260. The first kappa shape index (κ1) is 22.3. The van der Waals surface area contributed by atoms with E-state index in [1.165, 1.54) is 0 Å². The summed E-state index contributed by atoms with van der Waals surface area (Å²) in [5.74, 6) is 0.526. The number of aromatic nitrogens is 3. The van der Waals surface area contributed by atoms with E-state index in [0.717, 1.165) is 28.1 Å². The number of hydrogen-bond acceptors (Lipinski definition) is 5. The van der Waals surface area contributed by atoms with Gasteiger partial charge in [-0.25, -0.2) is 9.50 Å². The number of methoxy groups -OCH3 is 1. The summed E-state index contributed by atoms with van der Waals surface area (Å²) in [4.78, 5) is 17.7. The molecule has 2 aromatic carbocycles. The first-order valence-electron chi connectivity index (χ1n) is 10.9. The van der Waals surface area contributed by atoms with Crippen LogP contribution in [0.1, 0.15) is 36.2 Å². The highest BCUT2D eigenvalue weighted by Crippen LogP contribution is 2.31. The van der Waals surface area contributed by atoms with Crippen molar-refractivity contribution in [2.75, 3.05) is 13.7 Å². The van der Waals surface area contributed by atoms with Crippen LogP contribution in [0.3, 0.4) is 0 Å². The van der Waals surface area contributed by atoms with Crippen LogP contribution in [0.15, 0.2) is 73.1 Å². The molecule has 0 aliphatic rings. The van der Waals surface area contributed by atoms with Gasteiger partial charge < -0.3 is 9.47 Å². The fourth-order valence-corrected chi connectivity index (χ4v) is 3.91. The molecule has 6 nitrogen and oxygen atoms in total. The summed E-state index contributed by atoms with van der Waals surface area (Å²) < 4.78 is 12.4. The number of ether oxygens (including phenoxy) is 2. The van der Waals surface area contributed by atoms with Crippen molar-refractivity contribution < 1.29 is 14.3 Å². The Kier molecular flexibility index (Phi) is 6.54. The van der Waals surface area contributed by atoms with Crippen molar-refractivity contribution in [3.05, 3.63) is 95.4 Å². The van der Waals surface area contributed by atoms with Crippen molar-refractivity contribution in [2.24, 2.45) is 0 Å². The number of fused-ring (bicyclic) bond motifs is 1. The third kappa shape index (κ3) is 4.65. The molecule has 2 aromatic heterocycles. The molecule has 6 heteroatoms. The lowest BCUT2D eigenvalue weighted by Crippen LogP contribution is -2.38. The van der Waals surface area contributed by atoms with Gasteiger partial charge in [0.1, 0.15) is 11.2 Å². The lowest BCUT2D eigenvalue weighted by atomic mass is 9.80. The van der Waals surface area contributed by atoms with E-state index in [4.69, 9.17) is 9.47 Å².